The molecule has 0 unspecified atom stereocenters. The van der Waals surface area contributed by atoms with Crippen LogP contribution in [-0.2, 0) is 12.8 Å². The molecule has 0 N–H and O–H groups in total. The monoisotopic (exact) mass is 449 g/mol. The van der Waals surface area contributed by atoms with E-state index in [-0.39, 0.29) is 11.5 Å². The maximum atomic E-state index is 14.2. The molecule has 0 heterocycles. The Hall–Kier alpha value is -3.31. The van der Waals surface area contributed by atoms with Crippen LogP contribution in [0.3, 0.4) is 0 Å². The molecule has 1 nitrogen and oxygen atoms in total. The average Bonchev–Trinajstić information content (AvgIpc) is 2.82. The van der Waals surface area contributed by atoms with E-state index >= 15 is 0 Å². The first-order valence-corrected chi connectivity index (χ1v) is 11.9. The molecule has 3 heteroatoms. The van der Waals surface area contributed by atoms with E-state index in [1.54, 1.807) is 6.07 Å². The molecular weight excluding hydrogens is 425 g/mol. The molecule has 162 valence electrons. The summed E-state index contributed by atoms with van der Waals surface area (Å²) in [6.07, 6.45) is 9.27. The summed E-state index contributed by atoms with van der Waals surface area (Å²) in [6, 6.07) is 20.1. The summed E-state index contributed by atoms with van der Waals surface area (Å²) < 4.78 is 14.2. The largest absolute Gasteiger partial charge is 0.205 e. The fourth-order valence-corrected chi connectivity index (χ4v) is 4.64. The number of hydrogen-bond donors (Lipinski definition) is 0. The van der Waals surface area contributed by atoms with Gasteiger partial charge in [0.25, 0.3) is 0 Å². The molecule has 3 aromatic rings. The van der Waals surface area contributed by atoms with Crippen LogP contribution in [0.25, 0.3) is 11.6 Å². The topological polar surface area (TPSA) is 12.4 Å². The molecule has 0 aliphatic heterocycles. The number of allylic oxidation sites excluding steroid dienone is 1. The molecule has 1 saturated carbocycles. The molecule has 0 atom stereocenters. The molecule has 33 heavy (non-hydrogen) atoms. The van der Waals surface area contributed by atoms with Gasteiger partial charge in [-0.15, -0.1) is 0 Å². The number of halogens is 1. The van der Waals surface area contributed by atoms with Crippen LogP contribution >= 0.6 is 12.2 Å². The Bertz CT molecular complexity index is 1330. The van der Waals surface area contributed by atoms with Crippen molar-refractivity contribution in [2.75, 3.05) is 0 Å². The molecule has 1 fully saturated rings. The normalized spacial score (nSPS) is 14.8. The Morgan fingerprint density at radius 2 is 1.70 bits per heavy atom. The van der Waals surface area contributed by atoms with E-state index in [0.29, 0.717) is 0 Å². The van der Waals surface area contributed by atoms with Gasteiger partial charge in [0.05, 0.1) is 5.16 Å². The van der Waals surface area contributed by atoms with Crippen LogP contribution in [0.2, 0.25) is 0 Å². The number of aryl methyl sites for hydroxylation is 1. The van der Waals surface area contributed by atoms with Gasteiger partial charge in [-0.2, -0.15) is 4.99 Å². The van der Waals surface area contributed by atoms with Crippen molar-refractivity contribution in [1.29, 1.82) is 0 Å². The van der Waals surface area contributed by atoms with Crippen molar-refractivity contribution in [3.05, 3.63) is 99.9 Å². The lowest BCUT2D eigenvalue weighted by Gasteiger charge is -2.25. The summed E-state index contributed by atoms with van der Waals surface area (Å²) in [5, 5.41) is 2.22. The van der Waals surface area contributed by atoms with E-state index in [4.69, 9.17) is 0 Å². The molecule has 0 bridgehead atoms. The fraction of sp³-hybridized carbons (Fsp3) is 0.233. The van der Waals surface area contributed by atoms with Gasteiger partial charge in [-0.1, -0.05) is 61.4 Å². The second kappa shape index (κ2) is 9.67. The van der Waals surface area contributed by atoms with Gasteiger partial charge in [0, 0.05) is 11.1 Å². The van der Waals surface area contributed by atoms with Crippen molar-refractivity contribution in [1.82, 2.24) is 0 Å². The van der Waals surface area contributed by atoms with Gasteiger partial charge in [-0.25, -0.2) is 4.39 Å². The summed E-state index contributed by atoms with van der Waals surface area (Å²) >= 11 is 4.57. The lowest BCUT2D eigenvalue weighted by atomic mass is 9.81. The standard InChI is InChI=1S/C30H24FNS/c31-29-19-28(14-15-30(29)32-20-33)27-13-12-25-17-24(10-11-26(25)18-27)9-6-21-4-7-23(8-5-21)16-22-2-1-3-22/h4-5,7-8,10-11,14-15,17-19,22H,1-3,12-13,16H2. The van der Waals surface area contributed by atoms with Crippen molar-refractivity contribution in [2.45, 2.75) is 38.5 Å². The van der Waals surface area contributed by atoms with Crippen LogP contribution < -0.4 is 0 Å². The highest BCUT2D eigenvalue weighted by Crippen LogP contribution is 2.33. The van der Waals surface area contributed by atoms with Crippen molar-refractivity contribution in [2.24, 2.45) is 10.9 Å². The van der Waals surface area contributed by atoms with Crippen molar-refractivity contribution >= 4 is 34.7 Å². The highest BCUT2D eigenvalue weighted by Gasteiger charge is 2.17. The number of hydrogen-bond acceptors (Lipinski definition) is 2. The van der Waals surface area contributed by atoms with E-state index in [9.17, 15) is 4.39 Å². The Kier molecular flexibility index (Phi) is 6.31. The predicted molar refractivity (Wildman–Crippen MR) is 137 cm³/mol. The Morgan fingerprint density at radius 3 is 2.42 bits per heavy atom. The lowest BCUT2D eigenvalue weighted by Crippen LogP contribution is -2.13. The smallest absolute Gasteiger partial charge is 0.150 e. The number of fused-ring (bicyclic) bond motifs is 1. The third-order valence-corrected chi connectivity index (χ3v) is 6.77. The number of rotatable bonds is 4. The summed E-state index contributed by atoms with van der Waals surface area (Å²) in [6.45, 7) is 0. The third kappa shape index (κ3) is 5.04. The first-order valence-electron chi connectivity index (χ1n) is 11.5. The minimum absolute atomic E-state index is 0.224. The summed E-state index contributed by atoms with van der Waals surface area (Å²) in [4.78, 5) is 3.76. The minimum atomic E-state index is -0.377. The van der Waals surface area contributed by atoms with E-state index in [0.717, 1.165) is 41.0 Å². The number of isothiocyanates is 1. The van der Waals surface area contributed by atoms with Crippen molar-refractivity contribution < 1.29 is 4.39 Å². The van der Waals surface area contributed by atoms with Crippen molar-refractivity contribution in [3.8, 4) is 11.8 Å². The highest BCUT2D eigenvalue weighted by molar-refractivity contribution is 7.78. The number of thiocarbonyl (C=S) groups is 1. The predicted octanol–water partition coefficient (Wildman–Crippen LogP) is 7.79. The number of benzene rings is 3. The minimum Gasteiger partial charge on any atom is -0.205 e. The Balaban J connectivity index is 1.31. The fourth-order valence-electron chi connectivity index (χ4n) is 4.54. The van der Waals surface area contributed by atoms with Crippen LogP contribution in [0.5, 0.6) is 0 Å². The van der Waals surface area contributed by atoms with E-state index in [1.807, 2.05) is 6.07 Å². The zero-order chi connectivity index (χ0) is 22.6. The molecule has 0 aromatic heterocycles. The first-order chi connectivity index (χ1) is 16.2. The summed E-state index contributed by atoms with van der Waals surface area (Å²) in [5.74, 6) is 7.13. The van der Waals surface area contributed by atoms with E-state index in [2.05, 4.69) is 82.8 Å². The molecule has 0 saturated heterocycles. The SMILES string of the molecule is Fc1cc(C2=Cc3ccc(C#Cc4ccc(CC5CCC5)cc4)cc3CC2)ccc1N=C=S. The van der Waals surface area contributed by atoms with Gasteiger partial charge in [0.1, 0.15) is 11.5 Å². The van der Waals surface area contributed by atoms with Crippen LogP contribution in [0.15, 0.2) is 65.7 Å². The summed E-state index contributed by atoms with van der Waals surface area (Å²) in [7, 11) is 0. The molecule has 2 aliphatic rings. The average molecular weight is 450 g/mol. The Labute approximate surface area is 200 Å². The quantitative estimate of drug-likeness (QED) is 0.225. The first kappa shape index (κ1) is 21.5. The van der Waals surface area contributed by atoms with Crippen LogP contribution in [-0.4, -0.2) is 5.16 Å². The zero-order valence-electron chi connectivity index (χ0n) is 18.4. The molecule has 2 aliphatic carbocycles. The molecule has 3 aromatic carbocycles. The van der Waals surface area contributed by atoms with Gasteiger partial charge in [-0.05, 0) is 102 Å². The van der Waals surface area contributed by atoms with Gasteiger partial charge in [-0.3, -0.25) is 0 Å². The van der Waals surface area contributed by atoms with Crippen LogP contribution in [0, 0.1) is 23.6 Å². The van der Waals surface area contributed by atoms with Crippen molar-refractivity contribution in [3.63, 3.8) is 0 Å². The van der Waals surface area contributed by atoms with E-state index < -0.39 is 0 Å². The third-order valence-electron chi connectivity index (χ3n) is 6.68. The van der Waals surface area contributed by atoms with Gasteiger partial charge in [0.2, 0.25) is 0 Å². The molecule has 5 rings (SSSR count). The van der Waals surface area contributed by atoms with Gasteiger partial charge >= 0.3 is 0 Å². The summed E-state index contributed by atoms with van der Waals surface area (Å²) in [5.41, 5.74) is 8.18. The number of aliphatic imine (C=N–C) groups is 1. The van der Waals surface area contributed by atoms with Gasteiger partial charge in [0.15, 0.2) is 0 Å². The molecule has 0 radical (unpaired) electrons. The lowest BCUT2D eigenvalue weighted by molar-refractivity contribution is 0.314. The van der Waals surface area contributed by atoms with E-state index in [1.165, 1.54) is 48.4 Å². The second-order valence-corrected chi connectivity index (χ2v) is 9.08. The number of nitrogens with zero attached hydrogens (tertiary/aromatic N) is 1. The maximum absolute atomic E-state index is 14.2. The van der Waals surface area contributed by atoms with Crippen LogP contribution in [0.4, 0.5) is 10.1 Å². The maximum Gasteiger partial charge on any atom is 0.150 e. The zero-order valence-corrected chi connectivity index (χ0v) is 19.2. The highest BCUT2D eigenvalue weighted by atomic mass is 32.1. The second-order valence-electron chi connectivity index (χ2n) is 8.90. The Morgan fingerprint density at radius 1 is 0.909 bits per heavy atom. The molecule has 0 amide bonds. The van der Waals surface area contributed by atoms with Crippen LogP contribution in [0.1, 0.15) is 59.1 Å². The molecule has 0 spiro atoms. The van der Waals surface area contributed by atoms with Gasteiger partial charge < -0.3 is 0 Å². The molecular formula is C30H24FNS.